The molecule has 1 unspecified atom stereocenters. The van der Waals surface area contributed by atoms with Gasteiger partial charge < -0.3 is 122 Å². The fourth-order valence-corrected chi connectivity index (χ4v) is 5.99. The Morgan fingerprint density at radius 1 is 0.321 bits per heavy atom. The lowest BCUT2D eigenvalue weighted by molar-refractivity contribution is -0.140. The smallest absolute Gasteiger partial charge is 0.312 e. The number of carbonyl (C=O) groups is 4. The molecular formula is C52H102N4O25. The number of primary amides is 1. The number of nitrogens with one attached hydrogen (secondary N) is 3. The highest BCUT2D eigenvalue weighted by atomic mass is 16.6. The predicted octanol–water partition coefficient (Wildman–Crippen LogP) is -1.73. The van der Waals surface area contributed by atoms with Gasteiger partial charge in [-0.15, -0.1) is 0 Å². The normalized spacial score (nSPS) is 11.9. The summed E-state index contributed by atoms with van der Waals surface area (Å²) in [6, 6.07) is -0.348. The Morgan fingerprint density at radius 3 is 0.765 bits per heavy atom. The van der Waals surface area contributed by atoms with Gasteiger partial charge in [0.15, 0.2) is 0 Å². The van der Waals surface area contributed by atoms with Crippen molar-refractivity contribution in [2.24, 2.45) is 5.73 Å². The lowest BCUT2D eigenvalue weighted by Gasteiger charge is -2.12. The monoisotopic (exact) mass is 1180 g/mol. The summed E-state index contributed by atoms with van der Waals surface area (Å²) in [5, 5.41) is 16.6. The summed E-state index contributed by atoms with van der Waals surface area (Å²) in [5.74, 6) is -2.29. The Bertz CT molecular complexity index is 1340. The number of carboxylic acid groups (broad SMARTS) is 1. The van der Waals surface area contributed by atoms with Gasteiger partial charge in [-0.05, 0) is 26.3 Å². The van der Waals surface area contributed by atoms with E-state index in [0.717, 1.165) is 12.8 Å². The summed E-state index contributed by atoms with van der Waals surface area (Å²) in [4.78, 5) is 44.6. The number of likely N-dealkylation sites (N-methyl/N-ethyl adjacent to an activating group) is 1. The van der Waals surface area contributed by atoms with Crippen LogP contribution in [0.25, 0.3) is 0 Å². The van der Waals surface area contributed by atoms with E-state index in [1.54, 1.807) is 7.05 Å². The first-order chi connectivity index (χ1) is 39.9. The highest BCUT2D eigenvalue weighted by Crippen LogP contribution is 2.00. The molecular weight excluding hydrogens is 1080 g/mol. The summed E-state index contributed by atoms with van der Waals surface area (Å²) in [7, 11) is 1.69. The SMILES string of the molecule is CNC(CCCCNC(=O)COCCOCCOCCOCCOCCOCCOCCOCCOCCOCCOCCOCCOCCOCCOCCOCCOCCOCCOCCOCCNC(=O)CC(=O)O)C(N)=O. The molecule has 0 aromatic carbocycles. The number of carbonyl (C=O) groups excluding carboxylic acids is 3. The Hall–Kier alpha value is -2.96. The van der Waals surface area contributed by atoms with E-state index in [4.69, 9.17) is 106 Å². The van der Waals surface area contributed by atoms with Crippen molar-refractivity contribution in [2.75, 3.05) is 284 Å². The molecule has 29 heteroatoms. The first kappa shape index (κ1) is 78.0. The van der Waals surface area contributed by atoms with Gasteiger partial charge in [-0.3, -0.25) is 19.2 Å². The van der Waals surface area contributed by atoms with E-state index < -0.39 is 18.3 Å². The highest BCUT2D eigenvalue weighted by molar-refractivity contribution is 5.93. The van der Waals surface area contributed by atoms with Gasteiger partial charge >= 0.3 is 5.97 Å². The molecule has 0 saturated carbocycles. The molecule has 6 N–H and O–H groups in total. The molecule has 0 rings (SSSR count). The lowest BCUT2D eigenvalue weighted by atomic mass is 10.1. The zero-order chi connectivity index (χ0) is 58.7. The number of rotatable bonds is 71. The second kappa shape index (κ2) is 67.8. The van der Waals surface area contributed by atoms with E-state index in [1.807, 2.05) is 0 Å². The molecule has 0 aromatic heterocycles. The third-order valence-electron chi connectivity index (χ3n) is 10.1. The molecule has 0 aliphatic heterocycles. The number of hydrogen-bond acceptors (Lipinski definition) is 25. The number of unbranched alkanes of at least 4 members (excludes halogenated alkanes) is 1. The minimum Gasteiger partial charge on any atom is -0.481 e. The first-order valence-corrected chi connectivity index (χ1v) is 28.1. The number of nitrogens with two attached hydrogens (primary N) is 1. The Kier molecular flexibility index (Phi) is 65.3. The van der Waals surface area contributed by atoms with Gasteiger partial charge in [-0.25, -0.2) is 0 Å². The minimum absolute atomic E-state index is 0.0345. The Labute approximate surface area is 479 Å². The third kappa shape index (κ3) is 67.7. The second-order valence-corrected chi connectivity index (χ2v) is 16.7. The topological polar surface area (TPSA) is 335 Å². The van der Waals surface area contributed by atoms with Crippen molar-refractivity contribution < 1.29 is 119 Å². The van der Waals surface area contributed by atoms with Gasteiger partial charge in [0.05, 0.1) is 264 Å². The molecule has 0 saturated heterocycles. The van der Waals surface area contributed by atoms with Crippen LogP contribution in [0.4, 0.5) is 0 Å². The zero-order valence-corrected chi connectivity index (χ0v) is 48.4. The van der Waals surface area contributed by atoms with Crippen LogP contribution in [0.5, 0.6) is 0 Å². The summed E-state index contributed by atoms with van der Waals surface area (Å²) >= 11 is 0. The molecule has 29 nitrogen and oxygen atoms in total. The summed E-state index contributed by atoms with van der Waals surface area (Å²) in [6.45, 7) is 18.0. The fraction of sp³-hybridized carbons (Fsp3) is 0.923. The van der Waals surface area contributed by atoms with Crippen LogP contribution >= 0.6 is 0 Å². The lowest BCUT2D eigenvalue weighted by Crippen LogP contribution is -2.39. The van der Waals surface area contributed by atoms with Crippen LogP contribution < -0.4 is 21.7 Å². The minimum atomic E-state index is -1.17. The van der Waals surface area contributed by atoms with Crippen LogP contribution in [0, 0.1) is 0 Å². The maximum atomic E-state index is 11.8. The molecule has 480 valence electrons. The van der Waals surface area contributed by atoms with E-state index >= 15 is 0 Å². The van der Waals surface area contributed by atoms with E-state index in [9.17, 15) is 19.2 Å². The Balaban J connectivity index is 3.13. The van der Waals surface area contributed by atoms with Gasteiger partial charge in [0.2, 0.25) is 17.7 Å². The number of aliphatic carboxylic acids is 1. The molecule has 0 aromatic rings. The molecule has 0 fully saturated rings. The van der Waals surface area contributed by atoms with E-state index in [2.05, 4.69) is 16.0 Å². The largest absolute Gasteiger partial charge is 0.481 e. The van der Waals surface area contributed by atoms with E-state index in [0.29, 0.717) is 264 Å². The maximum Gasteiger partial charge on any atom is 0.312 e. The quantitative estimate of drug-likeness (QED) is 0.0334. The fourth-order valence-electron chi connectivity index (χ4n) is 5.99. The number of amides is 3. The van der Waals surface area contributed by atoms with Gasteiger partial charge in [0, 0.05) is 13.1 Å². The van der Waals surface area contributed by atoms with Gasteiger partial charge in [-0.2, -0.15) is 0 Å². The molecule has 0 heterocycles. The maximum absolute atomic E-state index is 11.8. The number of ether oxygens (including phenoxy) is 20. The molecule has 0 bridgehead atoms. The van der Waals surface area contributed by atoms with Crippen molar-refractivity contribution in [1.82, 2.24) is 16.0 Å². The Morgan fingerprint density at radius 2 is 0.543 bits per heavy atom. The second-order valence-electron chi connectivity index (χ2n) is 16.7. The molecule has 0 spiro atoms. The number of hydrogen-bond donors (Lipinski definition) is 5. The summed E-state index contributed by atoms with van der Waals surface area (Å²) < 4.78 is 109. The van der Waals surface area contributed by atoms with E-state index in [-0.39, 0.29) is 37.6 Å². The first-order valence-electron chi connectivity index (χ1n) is 28.1. The molecule has 81 heavy (non-hydrogen) atoms. The van der Waals surface area contributed by atoms with Crippen LogP contribution in [0.3, 0.4) is 0 Å². The average Bonchev–Trinajstić information content (AvgIpc) is 3.45. The summed E-state index contributed by atoms with van der Waals surface area (Å²) in [6.07, 6.45) is 1.60. The van der Waals surface area contributed by atoms with Crippen LogP contribution in [0.2, 0.25) is 0 Å². The predicted molar refractivity (Wildman–Crippen MR) is 291 cm³/mol. The summed E-state index contributed by atoms with van der Waals surface area (Å²) in [5.41, 5.74) is 5.29. The highest BCUT2D eigenvalue weighted by Gasteiger charge is 2.12. The van der Waals surface area contributed by atoms with Crippen molar-refractivity contribution in [3.8, 4) is 0 Å². The standard InChI is InChI=1S/C52H102N4O25/c1-54-48(52(53)61)4-2-3-5-55-50(58)47-81-45-44-80-43-42-79-41-40-78-39-38-77-37-36-76-35-34-75-33-32-74-31-30-73-29-28-72-27-26-71-25-24-70-23-22-69-21-20-68-19-18-67-17-16-66-15-14-65-13-12-64-11-10-63-9-8-62-7-6-56-49(57)46-51(59)60/h48,54H,2-47H2,1H3,(H2,53,61)(H,55,58)(H,56,57)(H,59,60). The van der Waals surface area contributed by atoms with Gasteiger partial charge in [-0.1, -0.05) is 0 Å². The molecule has 0 aliphatic rings. The molecule has 1 atom stereocenters. The molecule has 0 radical (unpaired) electrons. The zero-order valence-electron chi connectivity index (χ0n) is 48.4. The third-order valence-corrected chi connectivity index (χ3v) is 10.1. The van der Waals surface area contributed by atoms with Crippen molar-refractivity contribution >= 4 is 23.7 Å². The van der Waals surface area contributed by atoms with Crippen molar-refractivity contribution in [3.05, 3.63) is 0 Å². The van der Waals surface area contributed by atoms with Crippen molar-refractivity contribution in [1.29, 1.82) is 0 Å². The van der Waals surface area contributed by atoms with Crippen LogP contribution in [-0.4, -0.2) is 319 Å². The van der Waals surface area contributed by atoms with Crippen LogP contribution in [-0.2, 0) is 114 Å². The molecule has 0 aliphatic carbocycles. The number of carboxylic acids is 1. The van der Waals surface area contributed by atoms with Crippen molar-refractivity contribution in [3.63, 3.8) is 0 Å². The van der Waals surface area contributed by atoms with Gasteiger partial charge in [0.1, 0.15) is 13.0 Å². The van der Waals surface area contributed by atoms with E-state index in [1.165, 1.54) is 0 Å². The van der Waals surface area contributed by atoms with Crippen LogP contribution in [0.15, 0.2) is 0 Å². The van der Waals surface area contributed by atoms with Crippen LogP contribution in [0.1, 0.15) is 25.7 Å². The van der Waals surface area contributed by atoms with Crippen molar-refractivity contribution in [2.45, 2.75) is 31.7 Å². The average molecular weight is 1180 g/mol. The molecule has 3 amide bonds. The van der Waals surface area contributed by atoms with Gasteiger partial charge in [0.25, 0.3) is 0 Å².